The maximum Gasteiger partial charge on any atom is 0.405 e. The number of quaternary nitrogens is 1. The Morgan fingerprint density at radius 3 is 2.35 bits per heavy atom. The van der Waals surface area contributed by atoms with E-state index in [-0.39, 0.29) is 19.0 Å². The van der Waals surface area contributed by atoms with Crippen molar-refractivity contribution in [3.05, 3.63) is 29.8 Å². The monoisotopic (exact) mass is 332 g/mol. The minimum absolute atomic E-state index is 0.0164. The van der Waals surface area contributed by atoms with E-state index in [0.29, 0.717) is 10.6 Å². The van der Waals surface area contributed by atoms with Gasteiger partial charge in [-0.1, -0.05) is 25.1 Å². The first-order valence-electron chi connectivity index (χ1n) is 7.23. The van der Waals surface area contributed by atoms with Crippen molar-refractivity contribution >= 4 is 17.5 Å². The Kier molecular flexibility index (Phi) is 7.02. The third kappa shape index (κ3) is 7.64. The van der Waals surface area contributed by atoms with Gasteiger partial charge in [0.2, 0.25) is 0 Å². The zero-order valence-corrected chi connectivity index (χ0v) is 13.1. The van der Waals surface area contributed by atoms with Gasteiger partial charge in [-0.15, -0.1) is 0 Å². The summed E-state index contributed by atoms with van der Waals surface area (Å²) in [7, 11) is 1.57. The fourth-order valence-electron chi connectivity index (χ4n) is 2.02. The van der Waals surface area contributed by atoms with Crippen molar-refractivity contribution in [1.82, 2.24) is 5.32 Å². The van der Waals surface area contributed by atoms with Crippen LogP contribution in [-0.2, 0) is 16.0 Å². The number of rotatable bonds is 7. The molecule has 0 fully saturated rings. The second-order valence-electron chi connectivity index (χ2n) is 5.26. The Morgan fingerprint density at radius 1 is 1.13 bits per heavy atom. The molecule has 5 nitrogen and oxygen atoms in total. The molecule has 0 radical (unpaired) electrons. The number of amides is 2. The molecule has 0 saturated carbocycles. The third-order valence-corrected chi connectivity index (χ3v) is 3.08. The van der Waals surface area contributed by atoms with E-state index in [4.69, 9.17) is 0 Å². The largest absolute Gasteiger partial charge is 0.405 e. The summed E-state index contributed by atoms with van der Waals surface area (Å²) in [5.41, 5.74) is 1.69. The highest BCUT2D eigenvalue weighted by atomic mass is 19.4. The van der Waals surface area contributed by atoms with Crippen LogP contribution in [0.4, 0.5) is 18.9 Å². The molecular weight excluding hydrogens is 311 g/mol. The standard InChI is InChI=1S/C15H20F3N3O2/c1-3-11-6-4-5-7-12(11)20-14(23)9-21(2)8-13(22)19-10-15(16,17)18/h4-7H,3,8-10H2,1-2H3,(H,19,22)(H,20,23)/p+1. The lowest BCUT2D eigenvalue weighted by Crippen LogP contribution is -3.11. The SMILES string of the molecule is CCc1ccccc1NC(=O)C[NH+](C)CC(=O)NCC(F)(F)F. The van der Waals surface area contributed by atoms with Crippen LogP contribution in [0.3, 0.4) is 0 Å². The summed E-state index contributed by atoms with van der Waals surface area (Å²) in [5.74, 6) is -1.05. The molecule has 1 unspecified atom stereocenters. The molecule has 128 valence electrons. The number of para-hydroxylation sites is 1. The van der Waals surface area contributed by atoms with Crippen molar-refractivity contribution < 1.29 is 27.7 Å². The van der Waals surface area contributed by atoms with Gasteiger partial charge in [0.15, 0.2) is 13.1 Å². The molecule has 8 heteroatoms. The number of alkyl halides is 3. The average molecular weight is 332 g/mol. The van der Waals surface area contributed by atoms with E-state index >= 15 is 0 Å². The van der Waals surface area contributed by atoms with Crippen molar-refractivity contribution in [3.8, 4) is 0 Å². The summed E-state index contributed by atoms with van der Waals surface area (Å²) < 4.78 is 36.0. The van der Waals surface area contributed by atoms with Crippen molar-refractivity contribution in [2.45, 2.75) is 19.5 Å². The topological polar surface area (TPSA) is 62.6 Å². The number of hydrogen-bond acceptors (Lipinski definition) is 2. The molecule has 1 atom stereocenters. The fourth-order valence-corrected chi connectivity index (χ4v) is 2.02. The molecule has 23 heavy (non-hydrogen) atoms. The lowest BCUT2D eigenvalue weighted by Gasteiger charge is -2.15. The van der Waals surface area contributed by atoms with Crippen molar-refractivity contribution in [3.63, 3.8) is 0 Å². The zero-order chi connectivity index (χ0) is 17.5. The Balaban J connectivity index is 2.43. The Hall–Kier alpha value is -2.09. The number of anilines is 1. The Labute approximate surface area is 132 Å². The van der Waals surface area contributed by atoms with Crippen LogP contribution in [-0.4, -0.2) is 44.7 Å². The van der Waals surface area contributed by atoms with Gasteiger partial charge in [-0.05, 0) is 18.1 Å². The molecule has 0 aliphatic carbocycles. The number of carbonyl (C=O) groups is 2. The fraction of sp³-hybridized carbons (Fsp3) is 0.467. The van der Waals surface area contributed by atoms with E-state index in [2.05, 4.69) is 5.32 Å². The van der Waals surface area contributed by atoms with Gasteiger partial charge in [0.05, 0.1) is 7.05 Å². The highest BCUT2D eigenvalue weighted by Gasteiger charge is 2.28. The highest BCUT2D eigenvalue weighted by Crippen LogP contribution is 2.14. The quantitative estimate of drug-likeness (QED) is 0.676. The maximum absolute atomic E-state index is 12.0. The molecule has 1 rings (SSSR count). The van der Waals surface area contributed by atoms with Crippen LogP contribution in [0.5, 0.6) is 0 Å². The summed E-state index contributed by atoms with van der Waals surface area (Å²) >= 11 is 0. The lowest BCUT2D eigenvalue weighted by molar-refractivity contribution is -0.862. The van der Waals surface area contributed by atoms with Crippen LogP contribution in [0.15, 0.2) is 24.3 Å². The Morgan fingerprint density at radius 2 is 1.74 bits per heavy atom. The number of likely N-dealkylation sites (N-methyl/N-ethyl adjacent to an activating group) is 1. The van der Waals surface area contributed by atoms with Gasteiger partial charge in [-0.2, -0.15) is 13.2 Å². The number of hydrogen-bond donors (Lipinski definition) is 3. The van der Waals surface area contributed by atoms with Gasteiger partial charge in [0.25, 0.3) is 11.8 Å². The number of carbonyl (C=O) groups excluding carboxylic acids is 2. The second-order valence-corrected chi connectivity index (χ2v) is 5.26. The molecule has 2 amide bonds. The summed E-state index contributed by atoms with van der Waals surface area (Å²) in [6, 6.07) is 7.35. The van der Waals surface area contributed by atoms with Crippen molar-refractivity contribution in [2.75, 3.05) is 32.0 Å². The molecule has 0 aromatic heterocycles. The molecular formula is C15H21F3N3O2+. The van der Waals surface area contributed by atoms with Gasteiger partial charge in [-0.25, -0.2) is 0 Å². The predicted molar refractivity (Wildman–Crippen MR) is 80.1 cm³/mol. The van der Waals surface area contributed by atoms with Gasteiger partial charge < -0.3 is 15.5 Å². The molecule has 0 spiro atoms. The summed E-state index contributed by atoms with van der Waals surface area (Å²) in [5, 5.41) is 4.53. The molecule has 0 bridgehead atoms. The van der Waals surface area contributed by atoms with Crippen LogP contribution < -0.4 is 15.5 Å². The second kappa shape index (κ2) is 8.52. The molecule has 0 heterocycles. The molecule has 0 aliphatic heterocycles. The Bertz CT molecular complexity index is 547. The normalized spacial score (nSPS) is 12.6. The predicted octanol–water partition coefficient (Wildman–Crippen LogP) is 0.381. The van der Waals surface area contributed by atoms with Crippen LogP contribution >= 0.6 is 0 Å². The van der Waals surface area contributed by atoms with Crippen molar-refractivity contribution in [1.29, 1.82) is 0 Å². The van der Waals surface area contributed by atoms with Gasteiger partial charge in [-0.3, -0.25) is 9.59 Å². The highest BCUT2D eigenvalue weighted by molar-refractivity contribution is 5.92. The van der Waals surface area contributed by atoms with E-state index in [1.165, 1.54) is 0 Å². The maximum atomic E-state index is 12.0. The van der Waals surface area contributed by atoms with E-state index in [1.807, 2.05) is 19.1 Å². The smallest absolute Gasteiger partial charge is 0.342 e. The molecule has 1 aromatic carbocycles. The summed E-state index contributed by atoms with van der Waals surface area (Å²) in [6.07, 6.45) is -3.68. The summed E-state index contributed by atoms with van der Waals surface area (Å²) in [6.45, 7) is 0.374. The molecule has 1 aromatic rings. The van der Waals surface area contributed by atoms with Crippen LogP contribution in [0.1, 0.15) is 12.5 Å². The minimum Gasteiger partial charge on any atom is -0.342 e. The third-order valence-electron chi connectivity index (χ3n) is 3.08. The summed E-state index contributed by atoms with van der Waals surface area (Å²) in [4.78, 5) is 23.8. The molecule has 0 aliphatic rings. The van der Waals surface area contributed by atoms with Gasteiger partial charge >= 0.3 is 6.18 Å². The lowest BCUT2D eigenvalue weighted by atomic mass is 10.1. The first-order valence-corrected chi connectivity index (χ1v) is 7.23. The van der Waals surface area contributed by atoms with E-state index in [1.54, 1.807) is 24.5 Å². The van der Waals surface area contributed by atoms with Crippen LogP contribution in [0.25, 0.3) is 0 Å². The van der Waals surface area contributed by atoms with Gasteiger partial charge in [0.1, 0.15) is 6.54 Å². The average Bonchev–Trinajstić information content (AvgIpc) is 2.44. The van der Waals surface area contributed by atoms with Gasteiger partial charge in [0, 0.05) is 5.69 Å². The number of halogens is 3. The molecule has 3 N–H and O–H groups in total. The number of aryl methyl sites for hydroxylation is 1. The number of nitrogens with one attached hydrogen (secondary N) is 3. The first-order chi connectivity index (χ1) is 10.7. The first kappa shape index (κ1) is 19.0. The van der Waals surface area contributed by atoms with Crippen molar-refractivity contribution in [2.24, 2.45) is 0 Å². The molecule has 0 saturated heterocycles. The van der Waals surface area contributed by atoms with E-state index in [9.17, 15) is 22.8 Å². The number of benzene rings is 1. The minimum atomic E-state index is -4.44. The zero-order valence-electron chi connectivity index (χ0n) is 13.1. The van der Waals surface area contributed by atoms with E-state index < -0.39 is 18.6 Å². The van der Waals surface area contributed by atoms with Crippen LogP contribution in [0, 0.1) is 0 Å². The van der Waals surface area contributed by atoms with Crippen LogP contribution in [0.2, 0.25) is 0 Å². The van der Waals surface area contributed by atoms with E-state index in [0.717, 1.165) is 12.0 Å².